The van der Waals surface area contributed by atoms with Gasteiger partial charge in [0.15, 0.2) is 11.2 Å². The zero-order valence-corrected chi connectivity index (χ0v) is 26.3. The van der Waals surface area contributed by atoms with Gasteiger partial charge in [0.05, 0.1) is 32.2 Å². The second-order valence-corrected chi connectivity index (χ2v) is 12.8. The maximum Gasteiger partial charge on any atom is 0.353 e. The summed E-state index contributed by atoms with van der Waals surface area (Å²) in [5, 5.41) is 0. The molecule has 12 heteroatoms. The van der Waals surface area contributed by atoms with Gasteiger partial charge in [0.1, 0.15) is 6.35 Å². The van der Waals surface area contributed by atoms with E-state index < -0.39 is 25.6 Å². The van der Waals surface area contributed by atoms with Crippen molar-refractivity contribution in [1.29, 1.82) is 0 Å². The lowest BCUT2D eigenvalue weighted by Crippen LogP contribution is -2.19. The Morgan fingerprint density at radius 1 is 0.927 bits per heavy atom. The van der Waals surface area contributed by atoms with E-state index in [2.05, 4.69) is 21.9 Å². The minimum absolute atomic E-state index is 0.0110. The van der Waals surface area contributed by atoms with Crippen LogP contribution in [-0.4, -0.2) is 56.7 Å². The molecule has 0 fully saturated rings. The zero-order chi connectivity index (χ0) is 29.8. The summed E-state index contributed by atoms with van der Waals surface area (Å²) >= 11 is 0. The molecule has 0 aromatic carbocycles. The molecule has 41 heavy (non-hydrogen) atoms. The summed E-state index contributed by atoms with van der Waals surface area (Å²) in [7, 11) is -3.91. The molecule has 0 saturated carbocycles. The molecule has 4 N–H and O–H groups in total. The average Bonchev–Trinajstić information content (AvgIpc) is 3.33. The zero-order valence-electron chi connectivity index (χ0n) is 25.4. The first-order valence-electron chi connectivity index (χ1n) is 15.7. The highest BCUT2D eigenvalue weighted by molar-refractivity contribution is 7.52. The van der Waals surface area contributed by atoms with E-state index >= 15 is 0 Å². The van der Waals surface area contributed by atoms with E-state index in [1.54, 1.807) is 11.5 Å². The Bertz CT molecular complexity index is 1060. The standard InChI is InChI=1S/C29H54N5O6P/c1-3-4-5-6-7-8-9-10-11-12-13-14-15-16-17-18-19-38-20-21-40-41(36,37)24-39-25(2)22-34-23-31-26-27(34)32-29(30)33-28(26)35/h23,25H,3-22,24H2,1-2H3,(H,36,37)(H3,30,32,33,35)/t25-/m1/s1. The van der Waals surface area contributed by atoms with Crippen LogP contribution in [0.15, 0.2) is 11.1 Å². The Kier molecular flexibility index (Phi) is 18.1. The number of nitrogens with one attached hydrogen (secondary N) is 1. The minimum Gasteiger partial charge on any atom is -0.379 e. The number of aromatic amines is 1. The highest BCUT2D eigenvalue weighted by atomic mass is 31.2. The molecule has 0 aliphatic rings. The molecule has 0 saturated heterocycles. The van der Waals surface area contributed by atoms with Crippen LogP contribution in [0, 0.1) is 0 Å². The molecule has 1 unspecified atom stereocenters. The first-order chi connectivity index (χ1) is 19.8. The summed E-state index contributed by atoms with van der Waals surface area (Å²) in [6.07, 6.45) is 21.8. The fourth-order valence-electron chi connectivity index (χ4n) is 4.79. The third-order valence-corrected chi connectivity index (χ3v) is 8.19. The van der Waals surface area contributed by atoms with Gasteiger partial charge in [0.25, 0.3) is 5.56 Å². The van der Waals surface area contributed by atoms with Crippen LogP contribution in [0.2, 0.25) is 0 Å². The molecular weight excluding hydrogens is 545 g/mol. The SMILES string of the molecule is CCCCCCCCCCCCCCCCCCOCCOP(=O)(O)CO[C@H](C)Cn1cnc2c(=O)[nH]c(N)nc21. The largest absolute Gasteiger partial charge is 0.379 e. The number of aromatic nitrogens is 4. The van der Waals surface area contributed by atoms with Crippen molar-refractivity contribution >= 4 is 24.7 Å². The molecule has 2 aromatic heterocycles. The first-order valence-corrected chi connectivity index (χ1v) is 17.4. The Morgan fingerprint density at radius 3 is 2.07 bits per heavy atom. The molecule has 2 rings (SSSR count). The predicted molar refractivity (Wildman–Crippen MR) is 164 cm³/mol. The van der Waals surface area contributed by atoms with Crippen LogP contribution in [0.3, 0.4) is 0 Å². The minimum atomic E-state index is -3.91. The van der Waals surface area contributed by atoms with Gasteiger partial charge in [0.2, 0.25) is 5.95 Å². The Balaban J connectivity index is 1.39. The van der Waals surface area contributed by atoms with E-state index in [9.17, 15) is 14.3 Å². The molecule has 0 radical (unpaired) electrons. The van der Waals surface area contributed by atoms with Crippen molar-refractivity contribution in [3.63, 3.8) is 0 Å². The quantitative estimate of drug-likeness (QED) is 0.0807. The van der Waals surface area contributed by atoms with Crippen LogP contribution in [0.25, 0.3) is 11.2 Å². The number of fused-ring (bicyclic) bond motifs is 1. The molecule has 2 heterocycles. The number of nitrogens with zero attached hydrogens (tertiary/aromatic N) is 3. The van der Waals surface area contributed by atoms with Crippen molar-refractivity contribution < 1.29 is 23.5 Å². The second kappa shape index (κ2) is 21.0. The van der Waals surface area contributed by atoms with Gasteiger partial charge >= 0.3 is 7.60 Å². The Morgan fingerprint density at radius 2 is 1.49 bits per heavy atom. The van der Waals surface area contributed by atoms with E-state index in [0.29, 0.717) is 12.3 Å². The maximum atomic E-state index is 12.3. The van der Waals surface area contributed by atoms with Crippen molar-refractivity contribution in [3.8, 4) is 0 Å². The number of H-pyrrole nitrogens is 1. The third kappa shape index (κ3) is 15.9. The van der Waals surface area contributed by atoms with Gasteiger partial charge in [-0.1, -0.05) is 103 Å². The fourth-order valence-corrected chi connectivity index (χ4v) is 5.66. The molecule has 0 aliphatic heterocycles. The summed E-state index contributed by atoms with van der Waals surface area (Å²) in [6, 6.07) is 0. The number of hydrogen-bond donors (Lipinski definition) is 3. The summed E-state index contributed by atoms with van der Waals surface area (Å²) < 4.78 is 30.1. The Labute approximate surface area is 245 Å². The topological polar surface area (TPSA) is 155 Å². The lowest BCUT2D eigenvalue weighted by molar-refractivity contribution is 0.0610. The van der Waals surface area contributed by atoms with Crippen molar-refractivity contribution in [2.24, 2.45) is 0 Å². The van der Waals surface area contributed by atoms with Crippen LogP contribution < -0.4 is 11.3 Å². The van der Waals surface area contributed by atoms with Crippen molar-refractivity contribution in [1.82, 2.24) is 19.5 Å². The smallest absolute Gasteiger partial charge is 0.353 e. The molecule has 11 nitrogen and oxygen atoms in total. The van der Waals surface area contributed by atoms with E-state index in [1.807, 2.05) is 0 Å². The highest BCUT2D eigenvalue weighted by Gasteiger charge is 2.22. The number of nitrogens with two attached hydrogens (primary N) is 1. The van der Waals surface area contributed by atoms with Gasteiger partial charge in [-0.25, -0.2) is 4.98 Å². The molecule has 0 amide bonds. The van der Waals surface area contributed by atoms with E-state index in [-0.39, 0.29) is 31.2 Å². The van der Waals surface area contributed by atoms with E-state index in [4.69, 9.17) is 19.7 Å². The summed E-state index contributed by atoms with van der Waals surface area (Å²) in [5.41, 5.74) is 5.68. The van der Waals surface area contributed by atoms with Crippen LogP contribution in [0.1, 0.15) is 117 Å². The number of nitrogen functional groups attached to an aromatic ring is 1. The van der Waals surface area contributed by atoms with Crippen LogP contribution >= 0.6 is 7.60 Å². The van der Waals surface area contributed by atoms with Crippen LogP contribution in [0.4, 0.5) is 5.95 Å². The first kappa shape index (κ1) is 35.4. The number of hydrogen-bond acceptors (Lipinski definition) is 8. The second-order valence-electron chi connectivity index (χ2n) is 11.0. The van der Waals surface area contributed by atoms with Crippen molar-refractivity contribution in [3.05, 3.63) is 16.7 Å². The third-order valence-electron chi connectivity index (χ3n) is 7.13. The molecule has 236 valence electrons. The number of anilines is 1. The monoisotopic (exact) mass is 599 g/mol. The van der Waals surface area contributed by atoms with Crippen LogP contribution in [0.5, 0.6) is 0 Å². The fraction of sp³-hybridized carbons (Fsp3) is 0.828. The summed E-state index contributed by atoms with van der Waals surface area (Å²) in [6.45, 7) is 5.21. The van der Waals surface area contributed by atoms with Gasteiger partial charge in [0, 0.05) is 6.61 Å². The Hall–Kier alpha value is -1.78. The molecule has 2 aromatic rings. The lowest BCUT2D eigenvalue weighted by Gasteiger charge is -2.17. The molecule has 2 atom stereocenters. The van der Waals surface area contributed by atoms with E-state index in [1.165, 1.54) is 96.2 Å². The predicted octanol–water partition coefficient (Wildman–Crippen LogP) is 6.54. The molecule has 0 spiro atoms. The van der Waals surface area contributed by atoms with E-state index in [0.717, 1.165) is 12.8 Å². The van der Waals surface area contributed by atoms with Gasteiger partial charge in [-0.3, -0.25) is 14.3 Å². The summed E-state index contributed by atoms with van der Waals surface area (Å²) in [4.78, 5) is 32.5. The lowest BCUT2D eigenvalue weighted by atomic mass is 10.0. The van der Waals surface area contributed by atoms with Crippen molar-refractivity contribution in [2.45, 2.75) is 129 Å². The average molecular weight is 600 g/mol. The van der Waals surface area contributed by atoms with Crippen LogP contribution in [-0.2, 0) is 25.1 Å². The normalized spacial score (nSPS) is 14.0. The molecular formula is C29H54N5O6P. The van der Waals surface area contributed by atoms with Gasteiger partial charge in [-0.2, -0.15) is 4.98 Å². The van der Waals surface area contributed by atoms with Crippen molar-refractivity contribution in [2.75, 3.05) is 31.9 Å². The highest BCUT2D eigenvalue weighted by Crippen LogP contribution is 2.41. The maximum absolute atomic E-state index is 12.3. The summed E-state index contributed by atoms with van der Waals surface area (Å²) in [5.74, 6) is -0.0110. The van der Waals surface area contributed by atoms with Gasteiger partial charge in [-0.15, -0.1) is 0 Å². The number of imidazole rings is 1. The number of unbranched alkanes of at least 4 members (excludes halogenated alkanes) is 15. The molecule has 0 aliphatic carbocycles. The van der Waals surface area contributed by atoms with Gasteiger partial charge < -0.3 is 29.2 Å². The number of rotatable bonds is 26. The number of ether oxygens (including phenoxy) is 2. The van der Waals surface area contributed by atoms with Gasteiger partial charge in [-0.05, 0) is 13.3 Å². The molecule has 0 bridgehead atoms.